The van der Waals surface area contributed by atoms with E-state index >= 15 is 0 Å². The summed E-state index contributed by atoms with van der Waals surface area (Å²) >= 11 is 6.96. The second-order valence-corrected chi connectivity index (χ2v) is 9.38. The maximum Gasteiger partial charge on any atom is 0.0175 e. The summed E-state index contributed by atoms with van der Waals surface area (Å²) in [4.78, 5) is 2.06. The molecule has 132 valence electrons. The van der Waals surface area contributed by atoms with Crippen LogP contribution in [0.2, 0.25) is 0 Å². The molecule has 0 aliphatic heterocycles. The maximum atomic E-state index is 3.52. The Morgan fingerprint density at radius 2 is 1.42 bits per heavy atom. The van der Waals surface area contributed by atoms with E-state index in [0.717, 1.165) is 23.7 Å². The summed E-state index contributed by atoms with van der Waals surface area (Å²) in [6.45, 7) is 0. The number of hydrogen-bond donors (Lipinski definition) is 0. The van der Waals surface area contributed by atoms with Gasteiger partial charge in [-0.05, 0) is 97.7 Å². The Labute approximate surface area is 164 Å². The van der Waals surface area contributed by atoms with Crippen LogP contribution < -0.4 is 0 Å². The van der Waals surface area contributed by atoms with Crippen molar-refractivity contribution < 1.29 is 0 Å². The molecule has 0 spiro atoms. The summed E-state index contributed by atoms with van der Waals surface area (Å²) in [5.74, 6) is 3.86. The van der Waals surface area contributed by atoms with Crippen molar-refractivity contribution >= 4 is 31.9 Å². The van der Waals surface area contributed by atoms with Gasteiger partial charge in [0.15, 0.2) is 0 Å². The summed E-state index contributed by atoms with van der Waals surface area (Å²) in [5, 5.41) is 0. The summed E-state index contributed by atoms with van der Waals surface area (Å²) in [6, 6.07) is 8.89. The fourth-order valence-corrected chi connectivity index (χ4v) is 5.58. The van der Waals surface area contributed by atoms with Crippen LogP contribution >= 0.6 is 31.9 Å². The molecule has 0 nitrogen and oxygen atoms in total. The van der Waals surface area contributed by atoms with Gasteiger partial charge in [-0.15, -0.1) is 0 Å². The second-order valence-electron chi connectivity index (χ2n) is 7.94. The monoisotopic (exact) mass is 452 g/mol. The van der Waals surface area contributed by atoms with Gasteiger partial charge in [-0.3, -0.25) is 0 Å². The van der Waals surface area contributed by atoms with Gasteiger partial charge in [0.05, 0.1) is 0 Å². The van der Waals surface area contributed by atoms with Crippen LogP contribution in [-0.2, 0) is 6.42 Å². The Hall–Kier alpha value is -0.0800. The highest BCUT2D eigenvalue weighted by molar-refractivity contribution is 9.11. The van der Waals surface area contributed by atoms with Gasteiger partial charge in [-0.2, -0.15) is 0 Å². The molecule has 3 rings (SSSR count). The van der Waals surface area contributed by atoms with Crippen molar-refractivity contribution in [1.82, 2.24) is 0 Å². The lowest BCUT2D eigenvalue weighted by Gasteiger charge is -2.37. The van der Waals surface area contributed by atoms with Gasteiger partial charge in [0.2, 0.25) is 0 Å². The zero-order chi connectivity index (χ0) is 16.8. The molecule has 0 unspecified atom stereocenters. The average molecular weight is 454 g/mol. The van der Waals surface area contributed by atoms with Gasteiger partial charge in [-0.1, -0.05) is 62.9 Å². The molecule has 2 aliphatic carbocycles. The quantitative estimate of drug-likeness (QED) is 0.424. The van der Waals surface area contributed by atoms with Gasteiger partial charge in [-0.25, -0.2) is 0 Å². The van der Waals surface area contributed by atoms with Gasteiger partial charge >= 0.3 is 0 Å². The van der Waals surface area contributed by atoms with Crippen LogP contribution in [0.1, 0.15) is 63.4 Å². The lowest BCUT2D eigenvalue weighted by molar-refractivity contribution is 0.153. The third-order valence-electron chi connectivity index (χ3n) is 6.47. The number of benzene rings is 1. The maximum absolute atomic E-state index is 3.52. The van der Waals surface area contributed by atoms with E-state index in [0.29, 0.717) is 0 Å². The molecule has 2 saturated carbocycles. The van der Waals surface area contributed by atoms with Crippen molar-refractivity contribution in [3.8, 4) is 0 Å². The standard InChI is InChI=1S/C22H30Br2/c23-16-15-19-5-11-21(12-6-19)20-9-3-17(4-10-20)1-2-18-7-13-22(24)14-8-18/h7-8,13-17,19-21H,1-6,9-12H2. The number of aryl methyl sites for hydroxylation is 1. The minimum absolute atomic E-state index is 0.836. The topological polar surface area (TPSA) is 0 Å². The van der Waals surface area contributed by atoms with Gasteiger partial charge in [0.25, 0.3) is 0 Å². The lowest BCUT2D eigenvalue weighted by atomic mass is 9.68. The third kappa shape index (κ3) is 5.46. The number of rotatable bonds is 5. The summed E-state index contributed by atoms with van der Waals surface area (Å²) < 4.78 is 1.19. The molecule has 2 heteroatoms. The van der Waals surface area contributed by atoms with E-state index in [9.17, 15) is 0 Å². The number of allylic oxidation sites excluding steroid dienone is 1. The molecule has 0 heterocycles. The minimum Gasteiger partial charge on any atom is -0.0745 e. The SMILES string of the molecule is BrC=CC1CCC(C2CCC(CCc3ccc(Br)cc3)CC2)CC1. The van der Waals surface area contributed by atoms with E-state index in [1.807, 2.05) is 0 Å². The van der Waals surface area contributed by atoms with Crippen LogP contribution in [-0.4, -0.2) is 0 Å². The van der Waals surface area contributed by atoms with Crippen molar-refractivity contribution in [1.29, 1.82) is 0 Å². The molecule has 0 bridgehead atoms. The van der Waals surface area contributed by atoms with Crippen LogP contribution in [0, 0.1) is 23.7 Å². The molecule has 0 aromatic heterocycles. The van der Waals surface area contributed by atoms with E-state index in [1.165, 1.54) is 74.2 Å². The van der Waals surface area contributed by atoms with Crippen molar-refractivity contribution in [3.63, 3.8) is 0 Å². The van der Waals surface area contributed by atoms with Crippen LogP contribution in [0.3, 0.4) is 0 Å². The van der Waals surface area contributed by atoms with E-state index in [4.69, 9.17) is 0 Å². The van der Waals surface area contributed by atoms with E-state index in [-0.39, 0.29) is 0 Å². The normalized spacial score (nSPS) is 31.4. The molecule has 0 radical (unpaired) electrons. The molecule has 24 heavy (non-hydrogen) atoms. The number of hydrogen-bond acceptors (Lipinski definition) is 0. The Bertz CT molecular complexity index is 503. The largest absolute Gasteiger partial charge is 0.0745 e. The van der Waals surface area contributed by atoms with Crippen molar-refractivity contribution in [3.05, 3.63) is 45.4 Å². The highest BCUT2D eigenvalue weighted by Gasteiger charge is 2.30. The lowest BCUT2D eigenvalue weighted by Crippen LogP contribution is -2.25. The van der Waals surface area contributed by atoms with Gasteiger partial charge < -0.3 is 0 Å². The fourth-order valence-electron chi connectivity index (χ4n) is 4.88. The Morgan fingerprint density at radius 1 is 0.833 bits per heavy atom. The first kappa shape index (κ1) is 18.7. The first-order valence-electron chi connectivity index (χ1n) is 9.76. The smallest absolute Gasteiger partial charge is 0.0175 e. The molecule has 0 atom stereocenters. The Kier molecular flexibility index (Phi) is 7.46. The first-order valence-corrected chi connectivity index (χ1v) is 11.5. The van der Waals surface area contributed by atoms with Crippen LogP contribution in [0.25, 0.3) is 0 Å². The van der Waals surface area contributed by atoms with E-state index in [2.05, 4.69) is 67.2 Å². The van der Waals surface area contributed by atoms with Gasteiger partial charge in [0.1, 0.15) is 0 Å². The molecule has 1 aromatic rings. The highest BCUT2D eigenvalue weighted by Crippen LogP contribution is 2.42. The fraction of sp³-hybridized carbons (Fsp3) is 0.636. The molecule has 2 fully saturated rings. The van der Waals surface area contributed by atoms with Gasteiger partial charge in [0, 0.05) is 4.47 Å². The average Bonchev–Trinajstić information content (AvgIpc) is 2.63. The van der Waals surface area contributed by atoms with Crippen molar-refractivity contribution in [2.45, 2.75) is 64.2 Å². The van der Waals surface area contributed by atoms with Crippen molar-refractivity contribution in [2.75, 3.05) is 0 Å². The molecule has 0 amide bonds. The predicted octanol–water partition coefficient (Wildman–Crippen LogP) is 7.90. The second kappa shape index (κ2) is 9.57. The predicted molar refractivity (Wildman–Crippen MR) is 111 cm³/mol. The molecular weight excluding hydrogens is 424 g/mol. The van der Waals surface area contributed by atoms with E-state index in [1.54, 1.807) is 0 Å². The molecule has 0 saturated heterocycles. The minimum atomic E-state index is 0.836. The zero-order valence-corrected chi connectivity index (χ0v) is 17.8. The third-order valence-corrected chi connectivity index (χ3v) is 7.31. The van der Waals surface area contributed by atoms with Crippen LogP contribution in [0.4, 0.5) is 0 Å². The Morgan fingerprint density at radius 3 is 2.00 bits per heavy atom. The highest BCUT2D eigenvalue weighted by atomic mass is 79.9. The summed E-state index contributed by atoms with van der Waals surface area (Å²) in [6.07, 6.45) is 16.7. The van der Waals surface area contributed by atoms with Crippen LogP contribution in [0.5, 0.6) is 0 Å². The molecule has 0 N–H and O–H groups in total. The molecule has 2 aliphatic rings. The number of halogens is 2. The molecular formula is C22H30Br2. The molecule has 1 aromatic carbocycles. The summed E-state index contributed by atoms with van der Waals surface area (Å²) in [5.41, 5.74) is 1.50. The summed E-state index contributed by atoms with van der Waals surface area (Å²) in [7, 11) is 0. The van der Waals surface area contributed by atoms with E-state index < -0.39 is 0 Å². The Balaban J connectivity index is 1.37. The van der Waals surface area contributed by atoms with Crippen molar-refractivity contribution in [2.24, 2.45) is 23.7 Å². The first-order chi connectivity index (χ1) is 11.7. The van der Waals surface area contributed by atoms with Crippen LogP contribution in [0.15, 0.2) is 39.8 Å². The zero-order valence-electron chi connectivity index (χ0n) is 14.6.